The Morgan fingerprint density at radius 1 is 1.24 bits per heavy atom. The average Bonchev–Trinajstić information content (AvgIpc) is 2.28. The third kappa shape index (κ3) is 4.03. The van der Waals surface area contributed by atoms with Crippen LogP contribution < -0.4 is 11.2 Å². The standard InChI is InChI=1S/C10H16N2O5/c11-8(13)5-17-12-9(14)6-3-1-2-4-7(6)10(15)16/h6-7H,1-5H2,(H2,11,13)(H,12,14)(H,15,16). The first-order chi connectivity index (χ1) is 8.02. The van der Waals surface area contributed by atoms with Crippen LogP contribution in [0.5, 0.6) is 0 Å². The summed E-state index contributed by atoms with van der Waals surface area (Å²) in [5, 5.41) is 8.98. The molecule has 0 aromatic heterocycles. The second-order valence-corrected chi connectivity index (χ2v) is 4.06. The average molecular weight is 244 g/mol. The number of carbonyl (C=O) groups is 3. The van der Waals surface area contributed by atoms with Crippen molar-refractivity contribution in [3.05, 3.63) is 0 Å². The molecule has 0 radical (unpaired) electrons. The van der Waals surface area contributed by atoms with Gasteiger partial charge < -0.3 is 10.8 Å². The van der Waals surface area contributed by atoms with Crippen molar-refractivity contribution in [1.82, 2.24) is 5.48 Å². The van der Waals surface area contributed by atoms with E-state index in [1.54, 1.807) is 0 Å². The molecule has 0 saturated heterocycles. The van der Waals surface area contributed by atoms with Gasteiger partial charge in [0.05, 0.1) is 11.8 Å². The first-order valence-corrected chi connectivity index (χ1v) is 5.45. The minimum absolute atomic E-state index is 0.420. The molecule has 1 aliphatic rings. The van der Waals surface area contributed by atoms with E-state index in [-0.39, 0.29) is 0 Å². The van der Waals surface area contributed by atoms with Crippen LogP contribution in [0.3, 0.4) is 0 Å². The van der Waals surface area contributed by atoms with Gasteiger partial charge in [-0.05, 0) is 12.8 Å². The van der Waals surface area contributed by atoms with Gasteiger partial charge in [-0.15, -0.1) is 0 Å². The van der Waals surface area contributed by atoms with Crippen LogP contribution in [0.4, 0.5) is 0 Å². The quantitative estimate of drug-likeness (QED) is 0.558. The lowest BCUT2D eigenvalue weighted by molar-refractivity contribution is -0.154. The first kappa shape index (κ1) is 13.4. The predicted octanol–water partition coefficient (Wildman–Crippen LogP) is -0.590. The highest BCUT2D eigenvalue weighted by molar-refractivity contribution is 5.84. The van der Waals surface area contributed by atoms with Gasteiger partial charge in [-0.25, -0.2) is 5.48 Å². The highest BCUT2D eigenvalue weighted by Crippen LogP contribution is 2.30. The van der Waals surface area contributed by atoms with Crippen LogP contribution in [0.15, 0.2) is 0 Å². The number of carboxylic acids is 1. The van der Waals surface area contributed by atoms with E-state index in [0.717, 1.165) is 12.8 Å². The van der Waals surface area contributed by atoms with E-state index in [0.29, 0.717) is 12.8 Å². The molecule has 7 heteroatoms. The molecule has 1 fully saturated rings. The number of aliphatic carboxylic acids is 1. The van der Waals surface area contributed by atoms with Gasteiger partial charge in [0.2, 0.25) is 11.8 Å². The first-order valence-electron chi connectivity index (χ1n) is 5.45. The largest absolute Gasteiger partial charge is 0.481 e. The van der Waals surface area contributed by atoms with Crippen LogP contribution in [0.25, 0.3) is 0 Å². The Labute approximate surface area is 98.3 Å². The molecule has 1 rings (SSSR count). The van der Waals surface area contributed by atoms with Gasteiger partial charge in [-0.2, -0.15) is 0 Å². The molecule has 0 bridgehead atoms. The summed E-state index contributed by atoms with van der Waals surface area (Å²) >= 11 is 0. The summed E-state index contributed by atoms with van der Waals surface area (Å²) < 4.78 is 0. The van der Waals surface area contributed by atoms with Gasteiger partial charge >= 0.3 is 5.97 Å². The van der Waals surface area contributed by atoms with Gasteiger partial charge in [0.15, 0.2) is 6.61 Å². The van der Waals surface area contributed by atoms with Gasteiger partial charge in [0, 0.05) is 0 Å². The van der Waals surface area contributed by atoms with E-state index in [1.165, 1.54) is 0 Å². The molecule has 1 aliphatic carbocycles. The third-order valence-corrected chi connectivity index (χ3v) is 2.81. The molecular formula is C10H16N2O5. The Hall–Kier alpha value is -1.63. The van der Waals surface area contributed by atoms with E-state index in [4.69, 9.17) is 10.8 Å². The van der Waals surface area contributed by atoms with Crippen molar-refractivity contribution < 1.29 is 24.3 Å². The van der Waals surface area contributed by atoms with Crippen molar-refractivity contribution in [2.75, 3.05) is 6.61 Å². The van der Waals surface area contributed by atoms with Crippen molar-refractivity contribution in [3.8, 4) is 0 Å². The normalized spacial score (nSPS) is 24.0. The Bertz CT molecular complexity index is 318. The SMILES string of the molecule is NC(=O)CONC(=O)C1CCCCC1C(=O)O. The van der Waals surface area contributed by atoms with E-state index in [9.17, 15) is 14.4 Å². The topological polar surface area (TPSA) is 119 Å². The summed E-state index contributed by atoms with van der Waals surface area (Å²) in [7, 11) is 0. The minimum atomic E-state index is -0.972. The molecule has 2 amide bonds. The van der Waals surface area contributed by atoms with Gasteiger partial charge in [-0.3, -0.25) is 19.2 Å². The van der Waals surface area contributed by atoms with E-state index in [1.807, 2.05) is 0 Å². The van der Waals surface area contributed by atoms with Crippen LogP contribution in [0.1, 0.15) is 25.7 Å². The zero-order chi connectivity index (χ0) is 12.8. The number of carbonyl (C=O) groups excluding carboxylic acids is 2. The van der Waals surface area contributed by atoms with Crippen LogP contribution in [-0.2, 0) is 19.2 Å². The lowest BCUT2D eigenvalue weighted by Gasteiger charge is -2.26. The van der Waals surface area contributed by atoms with Crippen LogP contribution in [-0.4, -0.2) is 29.5 Å². The molecule has 2 unspecified atom stereocenters. The van der Waals surface area contributed by atoms with Gasteiger partial charge in [0.25, 0.3) is 0 Å². The maximum Gasteiger partial charge on any atom is 0.307 e. The molecule has 0 aromatic carbocycles. The zero-order valence-electron chi connectivity index (χ0n) is 9.35. The molecule has 0 aliphatic heterocycles. The van der Waals surface area contributed by atoms with Gasteiger partial charge in [0.1, 0.15) is 0 Å². The second-order valence-electron chi connectivity index (χ2n) is 4.06. The second kappa shape index (κ2) is 6.19. The molecule has 7 nitrogen and oxygen atoms in total. The number of rotatable bonds is 5. The highest BCUT2D eigenvalue weighted by atomic mass is 16.7. The molecule has 0 aromatic rings. The number of hydrogen-bond acceptors (Lipinski definition) is 4. The summed E-state index contributed by atoms with van der Waals surface area (Å²) in [6.45, 7) is -0.420. The number of nitrogens with one attached hydrogen (secondary N) is 1. The third-order valence-electron chi connectivity index (χ3n) is 2.81. The number of primary amides is 1. The molecule has 96 valence electrons. The van der Waals surface area contributed by atoms with Crippen molar-refractivity contribution in [2.24, 2.45) is 17.6 Å². The lowest BCUT2D eigenvalue weighted by atomic mass is 9.79. The maximum atomic E-state index is 11.6. The summed E-state index contributed by atoms with van der Waals surface area (Å²) in [5.41, 5.74) is 6.89. The van der Waals surface area contributed by atoms with Crippen molar-refractivity contribution in [3.63, 3.8) is 0 Å². The molecule has 2 atom stereocenters. The number of nitrogens with two attached hydrogens (primary N) is 1. The Balaban J connectivity index is 2.47. The maximum absolute atomic E-state index is 11.6. The summed E-state index contributed by atoms with van der Waals surface area (Å²) in [6, 6.07) is 0. The number of hydrogen-bond donors (Lipinski definition) is 3. The van der Waals surface area contributed by atoms with Gasteiger partial charge in [-0.1, -0.05) is 12.8 Å². The van der Waals surface area contributed by atoms with Crippen LogP contribution in [0, 0.1) is 11.8 Å². The Morgan fingerprint density at radius 3 is 2.35 bits per heavy atom. The Morgan fingerprint density at radius 2 is 1.82 bits per heavy atom. The van der Waals surface area contributed by atoms with E-state index < -0.39 is 36.2 Å². The number of amides is 2. The zero-order valence-corrected chi connectivity index (χ0v) is 9.35. The van der Waals surface area contributed by atoms with Crippen molar-refractivity contribution in [2.45, 2.75) is 25.7 Å². The molecule has 0 spiro atoms. The Kier molecular flexibility index (Phi) is 4.89. The van der Waals surface area contributed by atoms with Crippen LogP contribution in [0.2, 0.25) is 0 Å². The fourth-order valence-corrected chi connectivity index (χ4v) is 1.99. The van der Waals surface area contributed by atoms with Crippen LogP contribution >= 0.6 is 0 Å². The summed E-state index contributed by atoms with van der Waals surface area (Å²) in [5.74, 6) is -3.46. The molecular weight excluding hydrogens is 228 g/mol. The summed E-state index contributed by atoms with van der Waals surface area (Å²) in [6.07, 6.45) is 2.63. The highest BCUT2D eigenvalue weighted by Gasteiger charge is 2.35. The smallest absolute Gasteiger partial charge is 0.307 e. The molecule has 1 saturated carbocycles. The fourth-order valence-electron chi connectivity index (χ4n) is 1.99. The summed E-state index contributed by atoms with van der Waals surface area (Å²) in [4.78, 5) is 37.6. The van der Waals surface area contributed by atoms with E-state index >= 15 is 0 Å². The van der Waals surface area contributed by atoms with Crippen molar-refractivity contribution in [1.29, 1.82) is 0 Å². The minimum Gasteiger partial charge on any atom is -0.481 e. The molecule has 4 N–H and O–H groups in total. The molecule has 0 heterocycles. The molecule has 17 heavy (non-hydrogen) atoms. The fraction of sp³-hybridized carbons (Fsp3) is 0.700. The monoisotopic (exact) mass is 244 g/mol. The lowest BCUT2D eigenvalue weighted by Crippen LogP contribution is -2.40. The number of hydroxylamine groups is 1. The number of carboxylic acid groups (broad SMARTS) is 1. The van der Waals surface area contributed by atoms with Crippen molar-refractivity contribution >= 4 is 17.8 Å². The predicted molar refractivity (Wildman–Crippen MR) is 56.4 cm³/mol. The van der Waals surface area contributed by atoms with E-state index in [2.05, 4.69) is 10.3 Å².